The van der Waals surface area contributed by atoms with E-state index in [1.54, 1.807) is 6.07 Å². The van der Waals surface area contributed by atoms with Crippen LogP contribution in [0.2, 0.25) is 0 Å². The van der Waals surface area contributed by atoms with Crippen LogP contribution >= 0.6 is 0 Å². The molecule has 3 heterocycles. The Morgan fingerprint density at radius 1 is 0.862 bits per heavy atom. The fourth-order valence-corrected chi connectivity index (χ4v) is 4.07. The third-order valence-electron chi connectivity index (χ3n) is 5.77. The van der Waals surface area contributed by atoms with E-state index >= 15 is 0 Å². The van der Waals surface area contributed by atoms with Crippen LogP contribution in [-0.2, 0) is 24.4 Å². The van der Waals surface area contributed by atoms with Gasteiger partial charge in [-0.05, 0) is 49.2 Å². The summed E-state index contributed by atoms with van der Waals surface area (Å²) in [6.45, 7) is 7.88. The molecule has 0 spiro atoms. The van der Waals surface area contributed by atoms with E-state index in [0.717, 1.165) is 63.8 Å². The number of nitrogens with zero attached hydrogens (tertiary/aromatic N) is 2. The van der Waals surface area contributed by atoms with E-state index in [-0.39, 0.29) is 5.91 Å². The standard InChI is InChI=1S/C23H31N3O3/c27-23(22-9-8-21(29-22)18-25-10-4-1-5-11-25)24-16-19-6-2-3-7-20(19)17-26-12-14-28-15-13-26/h2-3,6-9H,1,4-5,10-18H2,(H,24,27). The quantitative estimate of drug-likeness (QED) is 0.778. The van der Waals surface area contributed by atoms with Gasteiger partial charge in [-0.2, -0.15) is 0 Å². The lowest BCUT2D eigenvalue weighted by Gasteiger charge is -2.27. The van der Waals surface area contributed by atoms with Gasteiger partial charge in [0.15, 0.2) is 5.76 Å². The van der Waals surface area contributed by atoms with Crippen molar-refractivity contribution in [2.75, 3.05) is 39.4 Å². The maximum absolute atomic E-state index is 12.6. The second kappa shape index (κ2) is 10.1. The number of amides is 1. The molecule has 0 saturated carbocycles. The number of nitrogens with one attached hydrogen (secondary N) is 1. The van der Waals surface area contributed by atoms with Crippen LogP contribution in [0.3, 0.4) is 0 Å². The second-order valence-corrected chi connectivity index (χ2v) is 7.94. The van der Waals surface area contributed by atoms with Gasteiger partial charge in [0.05, 0.1) is 19.8 Å². The minimum absolute atomic E-state index is 0.156. The molecule has 2 aliphatic rings. The van der Waals surface area contributed by atoms with E-state index in [1.165, 1.54) is 24.8 Å². The Labute approximate surface area is 172 Å². The fraction of sp³-hybridized carbons (Fsp3) is 0.522. The largest absolute Gasteiger partial charge is 0.455 e. The molecular weight excluding hydrogens is 366 g/mol. The number of hydrogen-bond acceptors (Lipinski definition) is 5. The fourth-order valence-electron chi connectivity index (χ4n) is 4.07. The van der Waals surface area contributed by atoms with Crippen LogP contribution in [-0.4, -0.2) is 55.1 Å². The highest BCUT2D eigenvalue weighted by atomic mass is 16.5. The lowest BCUT2D eigenvalue weighted by Crippen LogP contribution is -2.36. The molecule has 0 unspecified atom stereocenters. The van der Waals surface area contributed by atoms with Crippen molar-refractivity contribution in [3.63, 3.8) is 0 Å². The maximum Gasteiger partial charge on any atom is 0.287 e. The molecule has 1 aromatic heterocycles. The average Bonchev–Trinajstić information content (AvgIpc) is 3.23. The highest BCUT2D eigenvalue weighted by molar-refractivity contribution is 5.91. The first kappa shape index (κ1) is 20.1. The number of furan rings is 1. The second-order valence-electron chi connectivity index (χ2n) is 7.94. The van der Waals surface area contributed by atoms with Gasteiger partial charge in [-0.25, -0.2) is 0 Å². The average molecular weight is 398 g/mol. The van der Waals surface area contributed by atoms with Crippen LogP contribution in [0.5, 0.6) is 0 Å². The summed E-state index contributed by atoms with van der Waals surface area (Å²) in [4.78, 5) is 17.4. The van der Waals surface area contributed by atoms with Crippen molar-refractivity contribution in [3.8, 4) is 0 Å². The summed E-state index contributed by atoms with van der Waals surface area (Å²) in [5, 5.41) is 3.02. The van der Waals surface area contributed by atoms with Gasteiger partial charge in [0.1, 0.15) is 5.76 Å². The Kier molecular flexibility index (Phi) is 6.98. The van der Waals surface area contributed by atoms with Gasteiger partial charge in [0.2, 0.25) is 0 Å². The molecule has 156 valence electrons. The van der Waals surface area contributed by atoms with Crippen molar-refractivity contribution in [2.24, 2.45) is 0 Å². The monoisotopic (exact) mass is 397 g/mol. The molecule has 1 amide bonds. The summed E-state index contributed by atoms with van der Waals surface area (Å²) < 4.78 is 11.2. The third-order valence-corrected chi connectivity index (χ3v) is 5.77. The number of likely N-dealkylation sites (tertiary alicyclic amines) is 1. The molecule has 0 aliphatic carbocycles. The molecule has 0 bridgehead atoms. The van der Waals surface area contributed by atoms with Gasteiger partial charge in [-0.15, -0.1) is 0 Å². The van der Waals surface area contributed by atoms with Gasteiger partial charge in [-0.3, -0.25) is 14.6 Å². The molecule has 1 aromatic carbocycles. The number of morpholine rings is 1. The normalized spacial score (nSPS) is 18.6. The van der Waals surface area contributed by atoms with E-state index in [1.807, 2.05) is 12.1 Å². The van der Waals surface area contributed by atoms with E-state index in [2.05, 4.69) is 33.3 Å². The van der Waals surface area contributed by atoms with Crippen LogP contribution in [0.15, 0.2) is 40.8 Å². The number of carbonyl (C=O) groups is 1. The summed E-state index contributed by atoms with van der Waals surface area (Å²) in [7, 11) is 0. The van der Waals surface area contributed by atoms with Crippen LogP contribution in [0.4, 0.5) is 0 Å². The van der Waals surface area contributed by atoms with Gasteiger partial charge in [0.25, 0.3) is 5.91 Å². The number of benzene rings is 1. The molecule has 1 N–H and O–H groups in total. The Morgan fingerprint density at radius 3 is 2.38 bits per heavy atom. The summed E-state index contributed by atoms with van der Waals surface area (Å²) in [6, 6.07) is 12.0. The van der Waals surface area contributed by atoms with E-state index in [4.69, 9.17) is 9.15 Å². The van der Waals surface area contributed by atoms with Gasteiger partial charge < -0.3 is 14.5 Å². The van der Waals surface area contributed by atoms with Crippen molar-refractivity contribution in [1.29, 1.82) is 0 Å². The van der Waals surface area contributed by atoms with Crippen LogP contribution in [0.25, 0.3) is 0 Å². The smallest absolute Gasteiger partial charge is 0.287 e. The molecule has 2 fully saturated rings. The van der Waals surface area contributed by atoms with E-state index in [9.17, 15) is 4.79 Å². The molecule has 29 heavy (non-hydrogen) atoms. The molecule has 2 aliphatic heterocycles. The molecule has 6 heteroatoms. The van der Waals surface area contributed by atoms with Crippen molar-refractivity contribution in [2.45, 2.75) is 38.9 Å². The first-order valence-electron chi connectivity index (χ1n) is 10.7. The summed E-state index contributed by atoms with van der Waals surface area (Å²) in [5.41, 5.74) is 2.40. The minimum Gasteiger partial charge on any atom is -0.455 e. The predicted molar refractivity (Wildman–Crippen MR) is 112 cm³/mol. The first-order chi connectivity index (χ1) is 14.3. The highest BCUT2D eigenvalue weighted by Gasteiger charge is 2.16. The van der Waals surface area contributed by atoms with Crippen molar-refractivity contribution < 1.29 is 13.9 Å². The minimum atomic E-state index is -0.156. The molecule has 6 nitrogen and oxygen atoms in total. The first-order valence-corrected chi connectivity index (χ1v) is 10.7. The van der Waals surface area contributed by atoms with Crippen LogP contribution < -0.4 is 5.32 Å². The number of carbonyl (C=O) groups excluding carboxylic acids is 1. The van der Waals surface area contributed by atoms with Crippen molar-refractivity contribution in [1.82, 2.24) is 15.1 Å². The van der Waals surface area contributed by atoms with Gasteiger partial charge in [-0.1, -0.05) is 30.7 Å². The summed E-state index contributed by atoms with van der Waals surface area (Å²) in [5.74, 6) is 1.10. The molecular formula is C23H31N3O3. The number of piperidine rings is 1. The topological polar surface area (TPSA) is 58.0 Å². The maximum atomic E-state index is 12.6. The highest BCUT2D eigenvalue weighted by Crippen LogP contribution is 2.16. The van der Waals surface area contributed by atoms with Crippen molar-refractivity contribution in [3.05, 3.63) is 59.0 Å². The molecule has 2 saturated heterocycles. The lowest BCUT2D eigenvalue weighted by atomic mass is 10.1. The Hall–Kier alpha value is -2.15. The van der Waals surface area contributed by atoms with Crippen LogP contribution in [0.1, 0.15) is 46.7 Å². The molecule has 4 rings (SSSR count). The summed E-state index contributed by atoms with van der Waals surface area (Å²) >= 11 is 0. The Bertz CT molecular complexity index is 792. The predicted octanol–water partition coefficient (Wildman–Crippen LogP) is 3.03. The van der Waals surface area contributed by atoms with E-state index < -0.39 is 0 Å². The number of ether oxygens (including phenoxy) is 1. The Morgan fingerprint density at radius 2 is 1.59 bits per heavy atom. The molecule has 2 aromatic rings. The zero-order chi connectivity index (χ0) is 19.9. The molecule has 0 radical (unpaired) electrons. The van der Waals surface area contributed by atoms with Gasteiger partial charge >= 0.3 is 0 Å². The van der Waals surface area contributed by atoms with Gasteiger partial charge in [0, 0.05) is 26.2 Å². The van der Waals surface area contributed by atoms with E-state index in [0.29, 0.717) is 12.3 Å². The Balaban J connectivity index is 1.31. The molecule has 0 atom stereocenters. The lowest BCUT2D eigenvalue weighted by molar-refractivity contribution is 0.0340. The SMILES string of the molecule is O=C(NCc1ccccc1CN1CCOCC1)c1ccc(CN2CCCCC2)o1. The zero-order valence-corrected chi connectivity index (χ0v) is 17.1. The zero-order valence-electron chi connectivity index (χ0n) is 17.1. The third kappa shape index (κ3) is 5.69. The number of hydrogen-bond donors (Lipinski definition) is 1. The van der Waals surface area contributed by atoms with Crippen molar-refractivity contribution >= 4 is 5.91 Å². The van der Waals surface area contributed by atoms with Crippen LogP contribution in [0, 0.1) is 0 Å². The summed E-state index contributed by atoms with van der Waals surface area (Å²) in [6.07, 6.45) is 3.81. The number of rotatable bonds is 7.